The Hall–Kier alpha value is -2.06. The van der Waals surface area contributed by atoms with Crippen molar-refractivity contribution in [3.05, 3.63) is 59.2 Å². The van der Waals surface area contributed by atoms with E-state index >= 15 is 0 Å². The van der Waals surface area contributed by atoms with Gasteiger partial charge in [0.1, 0.15) is 11.4 Å². The van der Waals surface area contributed by atoms with Gasteiger partial charge in [-0.1, -0.05) is 36.8 Å². The molecule has 0 aromatic heterocycles. The molecule has 0 amide bonds. The third kappa shape index (κ3) is 3.04. The van der Waals surface area contributed by atoms with Crippen molar-refractivity contribution >= 4 is 6.08 Å². The fraction of sp³-hybridized carbons (Fsp3) is 0.481. The first-order valence-corrected chi connectivity index (χ1v) is 11.6. The van der Waals surface area contributed by atoms with Crippen LogP contribution in [0.1, 0.15) is 55.7 Å². The van der Waals surface area contributed by atoms with Gasteiger partial charge in [0.15, 0.2) is 0 Å². The molecule has 0 radical (unpaired) electrons. The molecule has 2 aliphatic carbocycles. The first-order valence-electron chi connectivity index (χ1n) is 11.6. The van der Waals surface area contributed by atoms with Gasteiger partial charge in [-0.15, -0.1) is 0 Å². The molecule has 1 saturated carbocycles. The van der Waals surface area contributed by atoms with E-state index in [4.69, 9.17) is 4.74 Å². The van der Waals surface area contributed by atoms with Gasteiger partial charge in [0.25, 0.3) is 0 Å². The maximum Gasteiger partial charge on any atom is 0.123 e. The smallest absolute Gasteiger partial charge is 0.123 e. The highest BCUT2D eigenvalue weighted by Gasteiger charge is 2.43. The molecule has 2 aromatic rings. The molecule has 2 nitrogen and oxygen atoms in total. The fourth-order valence-electron chi connectivity index (χ4n) is 5.88. The largest absolute Gasteiger partial charge is 0.487 e. The molecule has 6 rings (SSSR count). The molecule has 2 fully saturated rings. The summed E-state index contributed by atoms with van der Waals surface area (Å²) in [5, 5.41) is 0. The predicted molar refractivity (Wildman–Crippen MR) is 119 cm³/mol. The van der Waals surface area contributed by atoms with Crippen LogP contribution in [0.5, 0.6) is 5.75 Å². The first-order chi connectivity index (χ1) is 14.2. The van der Waals surface area contributed by atoms with Crippen LogP contribution in [0.3, 0.4) is 0 Å². The van der Waals surface area contributed by atoms with E-state index in [9.17, 15) is 0 Å². The number of ether oxygens (including phenoxy) is 1. The molecular weight excluding hydrogens is 354 g/mol. The van der Waals surface area contributed by atoms with Gasteiger partial charge in [0.05, 0.1) is 0 Å². The summed E-state index contributed by atoms with van der Waals surface area (Å²) >= 11 is 0. The molecule has 2 heterocycles. The summed E-state index contributed by atoms with van der Waals surface area (Å²) < 4.78 is 6.59. The summed E-state index contributed by atoms with van der Waals surface area (Å²) in [7, 11) is 0. The number of hydrogen-bond donors (Lipinski definition) is 0. The van der Waals surface area contributed by atoms with Crippen molar-refractivity contribution in [3.8, 4) is 16.9 Å². The lowest BCUT2D eigenvalue weighted by Gasteiger charge is -2.45. The van der Waals surface area contributed by atoms with Gasteiger partial charge in [-0.2, -0.15) is 0 Å². The van der Waals surface area contributed by atoms with Gasteiger partial charge in [-0.25, -0.2) is 0 Å². The van der Waals surface area contributed by atoms with E-state index in [0.29, 0.717) is 0 Å². The predicted octanol–water partition coefficient (Wildman–Crippen LogP) is 5.88. The molecule has 29 heavy (non-hydrogen) atoms. The number of likely N-dealkylation sites (tertiary alicyclic amines) is 1. The van der Waals surface area contributed by atoms with Crippen LogP contribution in [0, 0.1) is 5.92 Å². The van der Waals surface area contributed by atoms with Crippen LogP contribution in [0.15, 0.2) is 42.5 Å². The van der Waals surface area contributed by atoms with Gasteiger partial charge in [0.2, 0.25) is 0 Å². The normalized spacial score (nSPS) is 23.5. The number of benzene rings is 2. The van der Waals surface area contributed by atoms with Crippen molar-refractivity contribution in [2.24, 2.45) is 5.92 Å². The zero-order chi connectivity index (χ0) is 19.4. The number of piperidine rings is 1. The minimum Gasteiger partial charge on any atom is -0.487 e. The fourth-order valence-corrected chi connectivity index (χ4v) is 5.88. The maximum atomic E-state index is 6.59. The Morgan fingerprint density at radius 2 is 1.79 bits per heavy atom. The van der Waals surface area contributed by atoms with Crippen LogP contribution in [-0.4, -0.2) is 29.6 Å². The third-order valence-corrected chi connectivity index (χ3v) is 8.13. The van der Waals surface area contributed by atoms with Crippen molar-refractivity contribution in [2.75, 3.05) is 13.1 Å². The minimum absolute atomic E-state index is 0.0391. The van der Waals surface area contributed by atoms with Crippen LogP contribution in [0.4, 0.5) is 0 Å². The monoisotopic (exact) mass is 385 g/mol. The molecule has 1 unspecified atom stereocenters. The van der Waals surface area contributed by atoms with Crippen LogP contribution < -0.4 is 4.74 Å². The number of nitrogens with zero attached hydrogens (tertiary/aromatic N) is 1. The molecule has 2 aromatic carbocycles. The highest BCUT2D eigenvalue weighted by molar-refractivity contribution is 5.72. The van der Waals surface area contributed by atoms with Crippen molar-refractivity contribution in [1.82, 2.24) is 4.90 Å². The Labute approximate surface area is 174 Å². The van der Waals surface area contributed by atoms with Crippen molar-refractivity contribution in [1.29, 1.82) is 0 Å². The molecule has 150 valence electrons. The number of allylic oxidation sites excluding steroid dienone is 1. The van der Waals surface area contributed by atoms with Gasteiger partial charge in [-0.05, 0) is 78.1 Å². The molecule has 0 bridgehead atoms. The molecule has 2 aliphatic heterocycles. The average molecular weight is 386 g/mol. The second kappa shape index (κ2) is 6.74. The zero-order valence-electron chi connectivity index (χ0n) is 17.5. The number of rotatable bonds is 3. The lowest BCUT2D eigenvalue weighted by Crippen LogP contribution is -2.52. The van der Waals surface area contributed by atoms with Gasteiger partial charge in [-0.3, -0.25) is 0 Å². The molecular formula is C27H31NO. The summed E-state index contributed by atoms with van der Waals surface area (Å²) in [5.41, 5.74) is 6.91. The molecule has 1 saturated heterocycles. The van der Waals surface area contributed by atoms with Crippen LogP contribution in [0.2, 0.25) is 0 Å². The molecule has 0 N–H and O–H groups in total. The number of fused-ring (bicyclic) bond motifs is 2. The molecule has 1 spiro atoms. The second-order valence-electron chi connectivity index (χ2n) is 9.77. The Bertz CT molecular complexity index is 962. The topological polar surface area (TPSA) is 12.5 Å². The molecule has 1 atom stereocenters. The van der Waals surface area contributed by atoms with Gasteiger partial charge >= 0.3 is 0 Å². The third-order valence-electron chi connectivity index (χ3n) is 8.13. The minimum atomic E-state index is 0.0391. The highest BCUT2D eigenvalue weighted by Crippen LogP contribution is 2.44. The highest BCUT2D eigenvalue weighted by atomic mass is 16.5. The lowest BCUT2D eigenvalue weighted by atomic mass is 9.78. The van der Waals surface area contributed by atoms with E-state index in [0.717, 1.165) is 43.4 Å². The first kappa shape index (κ1) is 17.8. The quantitative estimate of drug-likeness (QED) is 0.654. The number of hydrogen-bond acceptors (Lipinski definition) is 2. The average Bonchev–Trinajstić information content (AvgIpc) is 3.29. The standard InChI is InChI=1S/C27H31NO/c1-19(20-4-2-5-20)28-14-12-27(13-15-28)18-25-17-24(10-11-26(25)29-27)23-9-8-21-6-3-7-22(21)16-23/h3,7-11,16-17,19-20H,2,4-6,12-15,18H2,1H3. The van der Waals surface area contributed by atoms with Gasteiger partial charge in [0, 0.05) is 38.4 Å². The van der Waals surface area contributed by atoms with Gasteiger partial charge < -0.3 is 9.64 Å². The summed E-state index contributed by atoms with van der Waals surface area (Å²) in [6, 6.07) is 14.5. The van der Waals surface area contributed by atoms with E-state index in [1.807, 2.05) is 0 Å². The Balaban J connectivity index is 1.18. The SMILES string of the molecule is CC(C1CCC1)N1CCC2(CC1)Cc1cc(-c3ccc4c(c3)C=CC4)ccc1O2. The zero-order valence-corrected chi connectivity index (χ0v) is 17.5. The van der Waals surface area contributed by atoms with Crippen LogP contribution in [0.25, 0.3) is 17.2 Å². The Morgan fingerprint density at radius 3 is 2.59 bits per heavy atom. The summed E-state index contributed by atoms with van der Waals surface area (Å²) in [5.74, 6) is 2.06. The van der Waals surface area contributed by atoms with E-state index in [1.165, 1.54) is 60.2 Å². The van der Waals surface area contributed by atoms with Crippen molar-refractivity contribution in [3.63, 3.8) is 0 Å². The Kier molecular flexibility index (Phi) is 4.13. The van der Waals surface area contributed by atoms with Crippen LogP contribution >= 0.6 is 0 Å². The molecule has 2 heteroatoms. The molecule has 4 aliphatic rings. The van der Waals surface area contributed by atoms with Crippen molar-refractivity contribution < 1.29 is 4.74 Å². The van der Waals surface area contributed by atoms with E-state index < -0.39 is 0 Å². The Morgan fingerprint density at radius 1 is 1.00 bits per heavy atom. The van der Waals surface area contributed by atoms with E-state index in [2.05, 4.69) is 60.4 Å². The van der Waals surface area contributed by atoms with Crippen LogP contribution in [-0.2, 0) is 12.8 Å². The van der Waals surface area contributed by atoms with E-state index in [-0.39, 0.29) is 5.60 Å². The van der Waals surface area contributed by atoms with Crippen molar-refractivity contribution in [2.45, 2.75) is 63.5 Å². The van der Waals surface area contributed by atoms with E-state index in [1.54, 1.807) is 0 Å². The summed E-state index contributed by atoms with van der Waals surface area (Å²) in [6.45, 7) is 4.83. The summed E-state index contributed by atoms with van der Waals surface area (Å²) in [4.78, 5) is 2.73. The summed E-state index contributed by atoms with van der Waals surface area (Å²) in [6.07, 6.45) is 13.3. The lowest BCUT2D eigenvalue weighted by molar-refractivity contribution is -0.00849. The maximum absolute atomic E-state index is 6.59. The second-order valence-corrected chi connectivity index (χ2v) is 9.77.